The molecule has 1 N–H and O–H groups in total. The first kappa shape index (κ1) is 11.4. The van der Waals surface area contributed by atoms with E-state index in [4.69, 9.17) is 4.42 Å². The zero-order valence-corrected chi connectivity index (χ0v) is 10.2. The van der Waals surface area contributed by atoms with Crippen molar-refractivity contribution in [3.63, 3.8) is 0 Å². The Labute approximate surface area is 98.6 Å². The summed E-state index contributed by atoms with van der Waals surface area (Å²) in [5, 5.41) is 20.6. The Morgan fingerprint density at radius 3 is 2.81 bits per heavy atom. The molecule has 6 heteroatoms. The van der Waals surface area contributed by atoms with Crippen LogP contribution in [-0.2, 0) is 0 Å². The second kappa shape index (κ2) is 4.44. The maximum atomic E-state index is 9.28. The van der Waals surface area contributed by atoms with Gasteiger partial charge in [-0.3, -0.25) is 0 Å². The van der Waals surface area contributed by atoms with Crippen LogP contribution in [-0.4, -0.2) is 28.5 Å². The number of hydrogen-bond acceptors (Lipinski definition) is 6. The van der Waals surface area contributed by atoms with Crippen molar-refractivity contribution in [2.45, 2.75) is 30.5 Å². The normalized spacial score (nSPS) is 19.1. The molecule has 0 radical (unpaired) electrons. The Balaban J connectivity index is 1.99. The van der Waals surface area contributed by atoms with Crippen LogP contribution in [0.1, 0.15) is 18.7 Å². The van der Waals surface area contributed by atoms with Crippen LogP contribution in [0.5, 0.6) is 0 Å². The van der Waals surface area contributed by atoms with Gasteiger partial charge in [0.05, 0.1) is 6.07 Å². The van der Waals surface area contributed by atoms with Gasteiger partial charge in [-0.15, -0.1) is 10.2 Å². The fourth-order valence-corrected chi connectivity index (χ4v) is 2.74. The van der Waals surface area contributed by atoms with Gasteiger partial charge in [-0.05, 0) is 25.8 Å². The van der Waals surface area contributed by atoms with E-state index in [-0.39, 0.29) is 0 Å². The highest BCUT2D eigenvalue weighted by atomic mass is 32.2. The molecule has 1 fully saturated rings. The zero-order chi connectivity index (χ0) is 11.6. The number of hydrogen-bond donors (Lipinski definition) is 1. The molecule has 1 atom stereocenters. The monoisotopic (exact) mass is 238 g/mol. The van der Waals surface area contributed by atoms with Gasteiger partial charge in [-0.25, -0.2) is 0 Å². The van der Waals surface area contributed by atoms with E-state index >= 15 is 0 Å². The molecular formula is C10H14N4OS. The van der Waals surface area contributed by atoms with Crippen LogP contribution in [0.15, 0.2) is 9.64 Å². The van der Waals surface area contributed by atoms with Crippen molar-refractivity contribution in [1.82, 2.24) is 15.5 Å². The fraction of sp³-hybridized carbons (Fsp3) is 0.700. The highest BCUT2D eigenvalue weighted by Gasteiger charge is 2.44. The molecule has 0 spiro atoms. The number of nitriles is 1. The minimum atomic E-state index is -0.451. The third-order valence-corrected chi connectivity index (χ3v) is 3.86. The standard InChI is InChI=1S/C10H14N4OS/c1-7-13-14-9(15-7)16-6-10(5-11,12-2)8-3-4-8/h8,12H,3-4,6H2,1-2H3. The molecule has 0 saturated heterocycles. The topological polar surface area (TPSA) is 74.7 Å². The van der Waals surface area contributed by atoms with Gasteiger partial charge in [0, 0.05) is 12.7 Å². The van der Waals surface area contributed by atoms with E-state index in [0.717, 1.165) is 12.8 Å². The fourth-order valence-electron chi connectivity index (χ4n) is 1.66. The molecule has 0 aromatic carbocycles. The molecule has 86 valence electrons. The minimum absolute atomic E-state index is 0.451. The number of rotatable bonds is 5. The quantitative estimate of drug-likeness (QED) is 0.781. The molecule has 1 heterocycles. The van der Waals surface area contributed by atoms with Gasteiger partial charge < -0.3 is 9.73 Å². The summed E-state index contributed by atoms with van der Waals surface area (Å²) in [5.74, 6) is 1.66. The first-order valence-corrected chi connectivity index (χ1v) is 6.22. The Morgan fingerprint density at radius 2 is 2.38 bits per heavy atom. The van der Waals surface area contributed by atoms with Crippen molar-refractivity contribution in [3.8, 4) is 6.07 Å². The molecule has 1 aromatic rings. The lowest BCUT2D eigenvalue weighted by atomic mass is 9.98. The summed E-state index contributed by atoms with van der Waals surface area (Å²) in [6.07, 6.45) is 2.25. The Kier molecular flexibility index (Phi) is 3.17. The summed E-state index contributed by atoms with van der Waals surface area (Å²) in [6.45, 7) is 1.76. The molecule has 1 aliphatic rings. The van der Waals surface area contributed by atoms with Crippen LogP contribution in [0.3, 0.4) is 0 Å². The number of aryl methyl sites for hydroxylation is 1. The van der Waals surface area contributed by atoms with E-state index in [1.807, 2.05) is 7.05 Å². The molecule has 1 aromatic heterocycles. The van der Waals surface area contributed by atoms with Gasteiger partial charge in [0.25, 0.3) is 5.22 Å². The number of nitrogens with zero attached hydrogens (tertiary/aromatic N) is 3. The van der Waals surface area contributed by atoms with Gasteiger partial charge in [0.1, 0.15) is 5.54 Å². The van der Waals surface area contributed by atoms with Crippen molar-refractivity contribution in [2.24, 2.45) is 5.92 Å². The molecule has 2 rings (SSSR count). The Bertz CT molecular complexity index is 409. The van der Waals surface area contributed by atoms with Crippen molar-refractivity contribution in [3.05, 3.63) is 5.89 Å². The average molecular weight is 238 g/mol. The Morgan fingerprint density at radius 1 is 1.62 bits per heavy atom. The van der Waals surface area contributed by atoms with Crippen LogP contribution in [0.2, 0.25) is 0 Å². The lowest BCUT2D eigenvalue weighted by Gasteiger charge is -2.24. The van der Waals surface area contributed by atoms with E-state index in [1.54, 1.807) is 6.92 Å². The van der Waals surface area contributed by atoms with E-state index in [1.165, 1.54) is 11.8 Å². The van der Waals surface area contributed by atoms with E-state index < -0.39 is 5.54 Å². The lowest BCUT2D eigenvalue weighted by Crippen LogP contribution is -2.46. The first-order valence-electron chi connectivity index (χ1n) is 5.23. The van der Waals surface area contributed by atoms with Crippen molar-refractivity contribution in [2.75, 3.05) is 12.8 Å². The van der Waals surface area contributed by atoms with Crippen LogP contribution in [0.4, 0.5) is 0 Å². The summed E-state index contributed by atoms with van der Waals surface area (Å²) < 4.78 is 5.27. The average Bonchev–Trinajstić information content (AvgIpc) is 3.06. The van der Waals surface area contributed by atoms with Crippen molar-refractivity contribution in [1.29, 1.82) is 5.26 Å². The minimum Gasteiger partial charge on any atom is -0.416 e. The maximum Gasteiger partial charge on any atom is 0.276 e. The first-order chi connectivity index (χ1) is 7.70. The Hall–Kier alpha value is -1.06. The summed E-state index contributed by atoms with van der Waals surface area (Å²) >= 11 is 1.44. The van der Waals surface area contributed by atoms with Crippen LogP contribution in [0.25, 0.3) is 0 Å². The molecule has 0 amide bonds. The summed E-state index contributed by atoms with van der Waals surface area (Å²) in [4.78, 5) is 0. The molecule has 5 nitrogen and oxygen atoms in total. The largest absolute Gasteiger partial charge is 0.416 e. The SMILES string of the molecule is CNC(C#N)(CSc1nnc(C)o1)C1CC1. The second-order valence-corrected chi connectivity index (χ2v) is 4.91. The molecule has 0 aliphatic heterocycles. The summed E-state index contributed by atoms with van der Waals surface area (Å²) in [5.41, 5.74) is -0.451. The predicted octanol–water partition coefficient (Wildman–Crippen LogP) is 1.36. The van der Waals surface area contributed by atoms with Gasteiger partial charge in [-0.2, -0.15) is 5.26 Å². The predicted molar refractivity (Wildman–Crippen MR) is 59.9 cm³/mol. The summed E-state index contributed by atoms with van der Waals surface area (Å²) in [6, 6.07) is 2.38. The van der Waals surface area contributed by atoms with Crippen LogP contribution >= 0.6 is 11.8 Å². The third kappa shape index (κ3) is 2.20. The van der Waals surface area contributed by atoms with Crippen molar-refractivity contribution >= 4 is 11.8 Å². The van der Waals surface area contributed by atoms with Crippen molar-refractivity contribution < 1.29 is 4.42 Å². The molecule has 1 aliphatic carbocycles. The van der Waals surface area contributed by atoms with Gasteiger partial charge in [0.2, 0.25) is 5.89 Å². The number of nitrogens with one attached hydrogen (secondary N) is 1. The lowest BCUT2D eigenvalue weighted by molar-refractivity contribution is 0.419. The molecule has 1 unspecified atom stereocenters. The smallest absolute Gasteiger partial charge is 0.276 e. The van der Waals surface area contributed by atoms with Gasteiger partial charge >= 0.3 is 0 Å². The third-order valence-electron chi connectivity index (χ3n) is 2.85. The van der Waals surface area contributed by atoms with Gasteiger partial charge in [-0.1, -0.05) is 11.8 Å². The molecular weight excluding hydrogens is 224 g/mol. The van der Waals surface area contributed by atoms with Crippen LogP contribution in [0, 0.1) is 24.2 Å². The highest BCUT2D eigenvalue weighted by Crippen LogP contribution is 2.41. The second-order valence-electron chi connectivity index (χ2n) is 3.98. The number of thioether (sulfide) groups is 1. The van der Waals surface area contributed by atoms with E-state index in [0.29, 0.717) is 22.8 Å². The maximum absolute atomic E-state index is 9.28. The molecule has 0 bridgehead atoms. The van der Waals surface area contributed by atoms with Gasteiger partial charge in [0.15, 0.2) is 0 Å². The van der Waals surface area contributed by atoms with Crippen LogP contribution < -0.4 is 5.32 Å². The highest BCUT2D eigenvalue weighted by molar-refractivity contribution is 7.99. The van der Waals surface area contributed by atoms with E-state index in [9.17, 15) is 5.26 Å². The zero-order valence-electron chi connectivity index (χ0n) is 9.36. The molecule has 16 heavy (non-hydrogen) atoms. The van der Waals surface area contributed by atoms with E-state index in [2.05, 4.69) is 21.6 Å². The summed E-state index contributed by atoms with van der Waals surface area (Å²) in [7, 11) is 1.83. The number of aromatic nitrogens is 2. The molecule has 1 saturated carbocycles.